The molecule has 0 atom stereocenters. The molecule has 0 heterocycles. The van der Waals surface area contributed by atoms with Gasteiger partial charge in [-0.05, 0) is 13.5 Å². The number of carboxylic acids is 1. The normalized spacial score (nSPS) is 9.65. The third-order valence-electron chi connectivity index (χ3n) is 3.06. The van der Waals surface area contributed by atoms with Gasteiger partial charge < -0.3 is 10.4 Å². The number of likely N-dealkylation sites (N-methyl/N-ethyl adjacent to an activating group) is 1. The standard InChI is InChI=1S/C12H26O4S.C3H7NO2.3K.3H/c1-2-3-4-5-6-7-8-9-10-11-12-16-17(13,14)15;1-4-2-3(5)6;;;;;;/h2-12H2,1H3,(H,13,14,15);4H,2H2,1H3,(H,5,6);;;;;;. The van der Waals surface area contributed by atoms with Gasteiger partial charge in [-0.2, -0.15) is 8.42 Å². The minimum atomic E-state index is -4.23. The predicted molar refractivity (Wildman–Crippen MR) is 112 cm³/mol. The van der Waals surface area contributed by atoms with Crippen LogP contribution in [0.15, 0.2) is 0 Å². The van der Waals surface area contributed by atoms with E-state index in [0.717, 1.165) is 12.8 Å². The van der Waals surface area contributed by atoms with Gasteiger partial charge in [0.25, 0.3) is 0 Å². The molecule has 7 nitrogen and oxygen atoms in total. The zero-order valence-corrected chi connectivity index (χ0v) is 15.2. The van der Waals surface area contributed by atoms with Crippen LogP contribution >= 0.6 is 0 Å². The number of hydrogen-bond acceptors (Lipinski definition) is 5. The topological polar surface area (TPSA) is 113 Å². The van der Waals surface area contributed by atoms with Crippen molar-refractivity contribution in [1.29, 1.82) is 0 Å². The van der Waals surface area contributed by atoms with Crippen molar-refractivity contribution in [3.05, 3.63) is 0 Å². The van der Waals surface area contributed by atoms with E-state index in [0.29, 0.717) is 6.42 Å². The maximum absolute atomic E-state index is 10.2. The van der Waals surface area contributed by atoms with E-state index in [1.54, 1.807) is 7.05 Å². The van der Waals surface area contributed by atoms with Crippen molar-refractivity contribution in [2.75, 3.05) is 20.2 Å². The minimum absolute atomic E-state index is 0. The van der Waals surface area contributed by atoms with Crippen LogP contribution in [0, 0.1) is 0 Å². The van der Waals surface area contributed by atoms with Crippen molar-refractivity contribution >= 4 is 171 Å². The van der Waals surface area contributed by atoms with E-state index in [9.17, 15) is 13.2 Å². The van der Waals surface area contributed by atoms with E-state index >= 15 is 0 Å². The number of unbranched alkanes of at least 4 members (excludes halogenated alkanes) is 9. The Morgan fingerprint density at radius 2 is 1.27 bits per heavy atom. The van der Waals surface area contributed by atoms with Crippen molar-refractivity contribution in [3.8, 4) is 0 Å². The Labute approximate surface area is 287 Å². The van der Waals surface area contributed by atoms with Gasteiger partial charge in [-0.3, -0.25) is 9.35 Å². The van der Waals surface area contributed by atoms with Gasteiger partial charge in [0.2, 0.25) is 0 Å². The number of carbonyl (C=O) groups is 1. The summed E-state index contributed by atoms with van der Waals surface area (Å²) < 4.78 is 33.0. The summed E-state index contributed by atoms with van der Waals surface area (Å²) in [6.07, 6.45) is 11.9. The average molecular weight is 476 g/mol. The Hall–Kier alpha value is 4.21. The first-order chi connectivity index (χ1) is 10.8. The van der Waals surface area contributed by atoms with Crippen LogP contribution in [0.1, 0.15) is 71.1 Å². The van der Waals surface area contributed by atoms with Gasteiger partial charge in [-0.1, -0.05) is 64.7 Å². The summed E-state index contributed by atoms with van der Waals surface area (Å²) in [5.41, 5.74) is 0. The van der Waals surface area contributed by atoms with Crippen LogP contribution in [0.3, 0.4) is 0 Å². The summed E-state index contributed by atoms with van der Waals surface area (Å²) in [7, 11) is -2.64. The van der Waals surface area contributed by atoms with Crippen LogP contribution in [0.25, 0.3) is 0 Å². The molecule has 0 saturated carbocycles. The molecule has 3 N–H and O–H groups in total. The first-order valence-corrected chi connectivity index (χ1v) is 9.68. The first kappa shape index (κ1) is 40.6. The Morgan fingerprint density at radius 1 is 0.885 bits per heavy atom. The van der Waals surface area contributed by atoms with Crippen molar-refractivity contribution < 1.29 is 27.1 Å². The molecule has 0 fully saturated rings. The van der Waals surface area contributed by atoms with Crippen LogP contribution < -0.4 is 5.32 Å². The fourth-order valence-electron chi connectivity index (χ4n) is 1.90. The molecule has 0 unspecified atom stereocenters. The summed E-state index contributed by atoms with van der Waals surface area (Å²) >= 11 is 0. The third-order valence-corrected chi connectivity index (χ3v) is 3.52. The molecular formula is C15H36K3NO6S. The van der Waals surface area contributed by atoms with E-state index in [2.05, 4.69) is 16.4 Å². The molecule has 26 heavy (non-hydrogen) atoms. The monoisotopic (exact) mass is 475 g/mol. The molecule has 0 rings (SSSR count). The van der Waals surface area contributed by atoms with Crippen LogP contribution in [-0.2, 0) is 19.4 Å². The van der Waals surface area contributed by atoms with Crippen LogP contribution in [0.4, 0.5) is 0 Å². The summed E-state index contributed by atoms with van der Waals surface area (Å²) in [5, 5.41) is 10.3. The molecular weight excluding hydrogens is 440 g/mol. The number of hydrogen-bond donors (Lipinski definition) is 3. The molecule has 0 saturated heterocycles. The van der Waals surface area contributed by atoms with E-state index < -0.39 is 16.4 Å². The third kappa shape index (κ3) is 46.4. The average Bonchev–Trinajstić information content (AvgIpc) is 2.44. The molecule has 0 aromatic rings. The van der Waals surface area contributed by atoms with Crippen LogP contribution in [0.2, 0.25) is 0 Å². The van der Waals surface area contributed by atoms with Gasteiger partial charge in [0, 0.05) is 0 Å². The SMILES string of the molecule is CCCCCCCCCCCCOS(=O)(=O)O.CNCC(=O)O.[KH].[KH].[KH]. The molecule has 11 heteroatoms. The van der Waals surface area contributed by atoms with Crippen molar-refractivity contribution in [2.24, 2.45) is 0 Å². The quantitative estimate of drug-likeness (QED) is 0.196. The summed E-state index contributed by atoms with van der Waals surface area (Å²) in [4.78, 5) is 9.54. The fourth-order valence-corrected chi connectivity index (χ4v) is 2.23. The molecule has 0 bridgehead atoms. The summed E-state index contributed by atoms with van der Waals surface area (Å²) in [5.74, 6) is -0.822. The van der Waals surface area contributed by atoms with E-state index in [-0.39, 0.29) is 167 Å². The zero-order valence-electron chi connectivity index (χ0n) is 14.4. The van der Waals surface area contributed by atoms with Crippen molar-refractivity contribution in [2.45, 2.75) is 71.1 Å². The van der Waals surface area contributed by atoms with Gasteiger partial charge in [-0.15, -0.1) is 0 Å². The maximum atomic E-state index is 10.2. The molecule has 0 spiro atoms. The first-order valence-electron chi connectivity index (χ1n) is 8.31. The molecule has 0 aliphatic carbocycles. The van der Waals surface area contributed by atoms with Gasteiger partial charge in [-0.25, -0.2) is 4.18 Å². The molecule has 146 valence electrons. The van der Waals surface area contributed by atoms with Crippen molar-refractivity contribution in [3.63, 3.8) is 0 Å². The zero-order chi connectivity index (χ0) is 18.0. The number of aliphatic carboxylic acids is 1. The Bertz CT molecular complexity index is 372. The van der Waals surface area contributed by atoms with Crippen molar-refractivity contribution in [1.82, 2.24) is 5.32 Å². The molecule has 0 amide bonds. The molecule has 0 aliphatic heterocycles. The summed E-state index contributed by atoms with van der Waals surface area (Å²) in [6, 6.07) is 0. The second-order valence-corrected chi connectivity index (χ2v) is 6.45. The Balaban J connectivity index is -0.000000142. The van der Waals surface area contributed by atoms with Gasteiger partial charge in [0.15, 0.2) is 0 Å². The molecule has 0 radical (unpaired) electrons. The van der Waals surface area contributed by atoms with Gasteiger partial charge in [0.1, 0.15) is 0 Å². The molecule has 0 aromatic carbocycles. The predicted octanol–water partition coefficient (Wildman–Crippen LogP) is 1.07. The van der Waals surface area contributed by atoms with E-state index in [1.807, 2.05) is 0 Å². The van der Waals surface area contributed by atoms with E-state index in [4.69, 9.17) is 9.66 Å². The van der Waals surface area contributed by atoms with Crippen LogP contribution in [0.5, 0.6) is 0 Å². The fraction of sp³-hybridized carbons (Fsp3) is 0.933. The van der Waals surface area contributed by atoms with Crippen LogP contribution in [-0.4, -0.2) is 198 Å². The summed E-state index contributed by atoms with van der Waals surface area (Å²) in [6.45, 7) is 2.35. The second-order valence-electron chi connectivity index (χ2n) is 5.36. The van der Waals surface area contributed by atoms with Gasteiger partial charge in [0.05, 0.1) is 13.2 Å². The van der Waals surface area contributed by atoms with Gasteiger partial charge >= 0.3 is 171 Å². The van der Waals surface area contributed by atoms with E-state index in [1.165, 1.54) is 44.9 Å². The molecule has 0 aromatic heterocycles. The molecule has 0 aliphatic rings. The number of nitrogens with one attached hydrogen (secondary N) is 1. The Kier molecular flexibility index (Phi) is 49.0. The number of carboxylic acid groups (broad SMARTS) is 1. The Morgan fingerprint density at radius 3 is 1.54 bits per heavy atom. The second kappa shape index (κ2) is 31.4. The number of rotatable bonds is 14.